The summed E-state index contributed by atoms with van der Waals surface area (Å²) in [6.07, 6.45) is 0.673. The van der Waals surface area contributed by atoms with Gasteiger partial charge in [-0.3, -0.25) is 0 Å². The Morgan fingerprint density at radius 2 is 1.80 bits per heavy atom. The minimum Gasteiger partial charge on any atom is -0.382 e. The van der Waals surface area contributed by atoms with Gasteiger partial charge < -0.3 is 15.0 Å². The van der Waals surface area contributed by atoms with Gasteiger partial charge in [0, 0.05) is 18.5 Å². The summed E-state index contributed by atoms with van der Waals surface area (Å²) in [5, 5.41) is 6.16. The van der Waals surface area contributed by atoms with Gasteiger partial charge >= 0.3 is 0 Å². The van der Waals surface area contributed by atoms with Crippen molar-refractivity contribution < 1.29 is 13.2 Å². The molecule has 4 rings (SSSR count). The number of fused-ring (bicyclic) bond motifs is 3. The van der Waals surface area contributed by atoms with Gasteiger partial charge in [-0.15, -0.1) is 0 Å². The van der Waals surface area contributed by atoms with Crippen LogP contribution in [0.4, 0.5) is 5.82 Å². The number of nitrogens with zero attached hydrogens (tertiary/aromatic N) is 3. The second-order valence-electron chi connectivity index (χ2n) is 6.97. The molecule has 0 aliphatic carbocycles. The molecular formula is C21H23N5O3S. The molecule has 8 nitrogen and oxygen atoms in total. The molecule has 0 bridgehead atoms. The third-order valence-corrected chi connectivity index (χ3v) is 5.93. The number of anilines is 1. The fourth-order valence-electron chi connectivity index (χ4n) is 3.54. The maximum Gasteiger partial charge on any atom is 0.238 e. The first-order valence-electron chi connectivity index (χ1n) is 9.61. The van der Waals surface area contributed by atoms with E-state index in [-0.39, 0.29) is 4.90 Å². The lowest BCUT2D eigenvalue weighted by Gasteiger charge is -2.11. The molecule has 156 valence electrons. The number of imidazole rings is 1. The van der Waals surface area contributed by atoms with Crippen LogP contribution in [-0.2, 0) is 34.3 Å². The summed E-state index contributed by atoms with van der Waals surface area (Å²) in [6.45, 7) is 3.50. The molecule has 0 saturated heterocycles. The first kappa shape index (κ1) is 20.3. The molecule has 0 atom stereocenters. The number of sulfonamides is 1. The molecule has 0 amide bonds. The molecule has 0 aliphatic rings. The number of pyridine rings is 1. The summed E-state index contributed by atoms with van der Waals surface area (Å²) in [4.78, 5) is 9.29. The lowest BCUT2D eigenvalue weighted by Crippen LogP contribution is -2.12. The van der Waals surface area contributed by atoms with Gasteiger partial charge in [-0.25, -0.2) is 23.5 Å². The Morgan fingerprint density at radius 3 is 2.50 bits per heavy atom. The van der Waals surface area contributed by atoms with Gasteiger partial charge in [-0.1, -0.05) is 30.3 Å². The zero-order valence-electron chi connectivity index (χ0n) is 16.6. The summed E-state index contributed by atoms with van der Waals surface area (Å²) in [5.74, 6) is 1.16. The van der Waals surface area contributed by atoms with Crippen LogP contribution < -0.4 is 10.9 Å². The highest BCUT2D eigenvalue weighted by Gasteiger charge is 2.17. The molecule has 4 aromatic rings. The van der Waals surface area contributed by atoms with Crippen molar-refractivity contribution in [3.63, 3.8) is 0 Å². The van der Waals surface area contributed by atoms with Crippen molar-refractivity contribution in [2.24, 2.45) is 5.14 Å². The van der Waals surface area contributed by atoms with Crippen LogP contribution in [0.1, 0.15) is 18.3 Å². The first-order valence-corrected chi connectivity index (χ1v) is 11.2. The number of para-hydroxylation sites is 1. The van der Waals surface area contributed by atoms with Crippen LogP contribution in [0, 0.1) is 0 Å². The standard InChI is InChI=1S/C21H23N5O3S/c1-2-29-13-18-25-19-20(16-5-3-4-6-17(16)24-21(19)22)26(18)12-11-14-7-9-15(10-8-14)30(23,27)28/h3-10H,2,11-13H2,1H3,(H2,22,24)(H2,23,27,28). The molecule has 0 saturated carbocycles. The quantitative estimate of drug-likeness (QED) is 0.469. The highest BCUT2D eigenvalue weighted by Crippen LogP contribution is 2.29. The van der Waals surface area contributed by atoms with E-state index in [4.69, 9.17) is 20.6 Å². The highest BCUT2D eigenvalue weighted by atomic mass is 32.2. The maximum absolute atomic E-state index is 11.5. The van der Waals surface area contributed by atoms with Crippen LogP contribution in [0.5, 0.6) is 0 Å². The van der Waals surface area contributed by atoms with Crippen LogP contribution in [-0.4, -0.2) is 29.6 Å². The zero-order chi connectivity index (χ0) is 21.3. The number of ether oxygens (including phenoxy) is 1. The smallest absolute Gasteiger partial charge is 0.238 e. The van der Waals surface area contributed by atoms with Gasteiger partial charge in [0.25, 0.3) is 0 Å². The average Bonchev–Trinajstić information content (AvgIpc) is 3.10. The molecule has 2 aromatic heterocycles. The largest absolute Gasteiger partial charge is 0.382 e. The number of primary sulfonamides is 1. The fraction of sp³-hybridized carbons (Fsp3) is 0.238. The number of benzene rings is 2. The number of nitrogen functional groups attached to an aromatic ring is 1. The highest BCUT2D eigenvalue weighted by molar-refractivity contribution is 7.89. The summed E-state index contributed by atoms with van der Waals surface area (Å²) < 4.78 is 30.7. The van der Waals surface area contributed by atoms with E-state index in [0.717, 1.165) is 27.8 Å². The minimum atomic E-state index is -3.71. The van der Waals surface area contributed by atoms with E-state index >= 15 is 0 Å². The van der Waals surface area contributed by atoms with Crippen LogP contribution in [0.2, 0.25) is 0 Å². The second kappa shape index (κ2) is 8.02. The van der Waals surface area contributed by atoms with Gasteiger partial charge in [0.2, 0.25) is 10.0 Å². The predicted molar refractivity (Wildman–Crippen MR) is 116 cm³/mol. The van der Waals surface area contributed by atoms with Crippen LogP contribution in [0.3, 0.4) is 0 Å². The van der Waals surface area contributed by atoms with Crippen LogP contribution in [0.15, 0.2) is 53.4 Å². The van der Waals surface area contributed by atoms with Crippen molar-refractivity contribution in [1.29, 1.82) is 0 Å². The number of rotatable bonds is 7. The lowest BCUT2D eigenvalue weighted by molar-refractivity contribution is 0.126. The van der Waals surface area contributed by atoms with Crippen molar-refractivity contribution in [2.45, 2.75) is 31.4 Å². The van der Waals surface area contributed by atoms with E-state index in [1.54, 1.807) is 12.1 Å². The monoisotopic (exact) mass is 425 g/mol. The number of aromatic nitrogens is 3. The molecule has 0 fully saturated rings. The van der Waals surface area contributed by atoms with E-state index in [0.29, 0.717) is 37.5 Å². The molecule has 4 N–H and O–H groups in total. The van der Waals surface area contributed by atoms with E-state index in [1.807, 2.05) is 31.2 Å². The van der Waals surface area contributed by atoms with Crippen molar-refractivity contribution in [3.05, 3.63) is 59.9 Å². The Labute approximate surface area is 174 Å². The summed E-state index contributed by atoms with van der Waals surface area (Å²) >= 11 is 0. The predicted octanol–water partition coefficient (Wildman–Crippen LogP) is 2.59. The molecule has 0 radical (unpaired) electrons. The zero-order valence-corrected chi connectivity index (χ0v) is 17.4. The van der Waals surface area contributed by atoms with E-state index in [1.165, 1.54) is 12.1 Å². The van der Waals surface area contributed by atoms with Gasteiger partial charge in [0.05, 0.1) is 15.9 Å². The SMILES string of the molecule is CCOCc1nc2c(N)nc3ccccc3c2n1CCc1ccc(S(N)(=O)=O)cc1. The maximum atomic E-state index is 11.5. The molecule has 30 heavy (non-hydrogen) atoms. The molecule has 2 aromatic carbocycles. The normalized spacial score (nSPS) is 12.1. The van der Waals surface area contributed by atoms with E-state index in [9.17, 15) is 8.42 Å². The van der Waals surface area contributed by atoms with Crippen LogP contribution >= 0.6 is 0 Å². The lowest BCUT2D eigenvalue weighted by atomic mass is 10.1. The Hall–Kier alpha value is -3.01. The minimum absolute atomic E-state index is 0.0983. The molecule has 2 heterocycles. The number of hydrogen-bond acceptors (Lipinski definition) is 6. The third kappa shape index (κ3) is 3.87. The van der Waals surface area contributed by atoms with Crippen LogP contribution in [0.25, 0.3) is 21.9 Å². The van der Waals surface area contributed by atoms with E-state index in [2.05, 4.69) is 9.55 Å². The topological polar surface area (TPSA) is 126 Å². The molecule has 0 unspecified atom stereocenters. The van der Waals surface area contributed by atoms with Gasteiger partial charge in [-0.05, 0) is 37.1 Å². The average molecular weight is 426 g/mol. The molecule has 9 heteroatoms. The van der Waals surface area contributed by atoms with Gasteiger partial charge in [0.15, 0.2) is 5.82 Å². The summed E-state index contributed by atoms with van der Waals surface area (Å²) in [5.41, 5.74) is 9.58. The van der Waals surface area contributed by atoms with Crippen molar-refractivity contribution in [2.75, 3.05) is 12.3 Å². The molecular weight excluding hydrogens is 402 g/mol. The number of nitrogens with two attached hydrogens (primary N) is 2. The van der Waals surface area contributed by atoms with Crippen molar-refractivity contribution in [1.82, 2.24) is 14.5 Å². The molecule has 0 spiro atoms. The van der Waals surface area contributed by atoms with E-state index < -0.39 is 10.0 Å². The fourth-order valence-corrected chi connectivity index (χ4v) is 4.05. The van der Waals surface area contributed by atoms with Crippen molar-refractivity contribution >= 4 is 37.8 Å². The number of hydrogen-bond donors (Lipinski definition) is 2. The first-order chi connectivity index (χ1) is 14.4. The molecule has 0 aliphatic heterocycles. The summed E-state index contributed by atoms with van der Waals surface area (Å²) in [7, 11) is -3.71. The Balaban J connectivity index is 1.76. The summed E-state index contributed by atoms with van der Waals surface area (Å²) in [6, 6.07) is 14.4. The number of aryl methyl sites for hydroxylation is 2. The second-order valence-corrected chi connectivity index (χ2v) is 8.53. The third-order valence-electron chi connectivity index (χ3n) is 5.00. The van der Waals surface area contributed by atoms with Crippen molar-refractivity contribution in [3.8, 4) is 0 Å². The van der Waals surface area contributed by atoms with Gasteiger partial charge in [0.1, 0.15) is 17.9 Å². The Bertz CT molecular complexity index is 1310. The Kier molecular flexibility index (Phi) is 5.42. The Morgan fingerprint density at radius 1 is 1.07 bits per heavy atom. The van der Waals surface area contributed by atoms with Gasteiger partial charge in [-0.2, -0.15) is 0 Å².